The van der Waals surface area contributed by atoms with Gasteiger partial charge in [0.05, 0.1) is 11.7 Å². The van der Waals surface area contributed by atoms with E-state index in [4.69, 9.17) is 13.9 Å². The summed E-state index contributed by atoms with van der Waals surface area (Å²) in [6, 6.07) is 7.87. The van der Waals surface area contributed by atoms with Crippen molar-refractivity contribution in [1.82, 2.24) is 4.98 Å². The summed E-state index contributed by atoms with van der Waals surface area (Å²) in [7, 11) is 0. The Kier molecular flexibility index (Phi) is 6.07. The largest absolute Gasteiger partial charge is 0.463 e. The van der Waals surface area contributed by atoms with Gasteiger partial charge in [0.2, 0.25) is 0 Å². The zero-order chi connectivity index (χ0) is 21.0. The lowest BCUT2D eigenvalue weighted by Crippen LogP contribution is -2.13. The van der Waals surface area contributed by atoms with E-state index in [1.165, 1.54) is 18.3 Å². The van der Waals surface area contributed by atoms with Crippen LogP contribution in [0.3, 0.4) is 0 Å². The number of esters is 2. The summed E-state index contributed by atoms with van der Waals surface area (Å²) in [6.45, 7) is 5.35. The van der Waals surface area contributed by atoms with Gasteiger partial charge in [0, 0.05) is 36.3 Å². The van der Waals surface area contributed by atoms with Crippen molar-refractivity contribution in [3.05, 3.63) is 69.8 Å². The minimum atomic E-state index is -0.599. The molecule has 1 aromatic carbocycles. The first-order valence-electron chi connectivity index (χ1n) is 9.22. The fraction of sp³-hybridized carbons (Fsp3) is 0.273. The van der Waals surface area contributed by atoms with Gasteiger partial charge in [-0.3, -0.25) is 9.78 Å². The van der Waals surface area contributed by atoms with E-state index in [1.54, 1.807) is 45.2 Å². The van der Waals surface area contributed by atoms with Crippen LogP contribution in [-0.4, -0.2) is 23.0 Å². The molecule has 0 saturated carbocycles. The molecule has 0 bridgehead atoms. The van der Waals surface area contributed by atoms with Gasteiger partial charge in [-0.2, -0.15) is 0 Å². The Morgan fingerprint density at radius 1 is 1.21 bits per heavy atom. The van der Waals surface area contributed by atoms with Crippen molar-refractivity contribution in [3.63, 3.8) is 0 Å². The van der Waals surface area contributed by atoms with E-state index in [2.05, 4.69) is 4.98 Å². The lowest BCUT2D eigenvalue weighted by molar-refractivity contribution is -0.147. The number of fused-ring (bicyclic) bond motifs is 1. The van der Waals surface area contributed by atoms with E-state index in [0.29, 0.717) is 23.0 Å². The predicted octanol–water partition coefficient (Wildman–Crippen LogP) is 3.60. The smallest absolute Gasteiger partial charge is 0.345 e. The van der Waals surface area contributed by atoms with Gasteiger partial charge in [-0.05, 0) is 56.5 Å². The molecule has 0 spiro atoms. The quantitative estimate of drug-likeness (QED) is 0.357. The Morgan fingerprint density at radius 3 is 2.69 bits per heavy atom. The average molecular weight is 395 g/mol. The second kappa shape index (κ2) is 8.68. The van der Waals surface area contributed by atoms with Gasteiger partial charge in [-0.25, -0.2) is 9.59 Å². The third kappa shape index (κ3) is 5.07. The number of hydrogen-bond acceptors (Lipinski definition) is 7. The van der Waals surface area contributed by atoms with Crippen LogP contribution in [0.2, 0.25) is 0 Å². The third-order valence-corrected chi connectivity index (χ3v) is 4.20. The van der Waals surface area contributed by atoms with Crippen molar-refractivity contribution < 1.29 is 23.5 Å². The molecule has 0 N–H and O–H groups in total. The highest BCUT2D eigenvalue weighted by atomic mass is 16.5. The highest BCUT2D eigenvalue weighted by Crippen LogP contribution is 2.29. The van der Waals surface area contributed by atoms with E-state index in [0.717, 1.165) is 5.56 Å². The zero-order valence-electron chi connectivity index (χ0n) is 16.4. The van der Waals surface area contributed by atoms with Crippen LogP contribution in [0.15, 0.2) is 51.9 Å². The van der Waals surface area contributed by atoms with Crippen LogP contribution < -0.4 is 10.4 Å². The molecule has 3 rings (SSSR count). The van der Waals surface area contributed by atoms with Crippen LogP contribution in [0, 0.1) is 6.92 Å². The fourth-order valence-corrected chi connectivity index (χ4v) is 2.88. The molecular formula is C22H21NO6. The van der Waals surface area contributed by atoms with Crippen molar-refractivity contribution in [2.45, 2.75) is 39.7 Å². The third-order valence-electron chi connectivity index (χ3n) is 4.20. The van der Waals surface area contributed by atoms with Crippen LogP contribution in [0.4, 0.5) is 0 Å². The maximum absolute atomic E-state index is 12.5. The monoisotopic (exact) mass is 395 g/mol. The Labute approximate surface area is 167 Å². The molecule has 7 nitrogen and oxygen atoms in total. The average Bonchev–Trinajstić information content (AvgIpc) is 2.66. The van der Waals surface area contributed by atoms with Crippen LogP contribution in [0.25, 0.3) is 11.0 Å². The number of aromatic nitrogens is 1. The molecule has 0 radical (unpaired) electrons. The molecule has 0 unspecified atom stereocenters. The van der Waals surface area contributed by atoms with E-state index in [9.17, 15) is 14.4 Å². The highest BCUT2D eigenvalue weighted by Gasteiger charge is 2.17. The van der Waals surface area contributed by atoms with Crippen molar-refractivity contribution >= 4 is 22.9 Å². The lowest BCUT2D eigenvalue weighted by atomic mass is 10.0. The second-order valence-electron chi connectivity index (χ2n) is 6.87. The summed E-state index contributed by atoms with van der Waals surface area (Å²) < 4.78 is 16.0. The molecule has 0 fully saturated rings. The number of carbonyl (C=O) groups excluding carboxylic acids is 2. The van der Waals surface area contributed by atoms with Gasteiger partial charge in [-0.15, -0.1) is 0 Å². The molecule has 3 aromatic rings. The van der Waals surface area contributed by atoms with E-state index >= 15 is 0 Å². The number of benzene rings is 1. The maximum atomic E-state index is 12.5. The predicted molar refractivity (Wildman–Crippen MR) is 106 cm³/mol. The van der Waals surface area contributed by atoms with Crippen LogP contribution in [-0.2, 0) is 16.0 Å². The molecule has 2 aromatic heterocycles. The fourth-order valence-electron chi connectivity index (χ4n) is 2.88. The summed E-state index contributed by atoms with van der Waals surface area (Å²) in [4.78, 5) is 40.1. The van der Waals surface area contributed by atoms with Gasteiger partial charge in [-0.1, -0.05) is 0 Å². The first kappa shape index (κ1) is 20.3. The summed E-state index contributed by atoms with van der Waals surface area (Å²) in [5, 5.41) is 0.706. The van der Waals surface area contributed by atoms with E-state index in [-0.39, 0.29) is 29.8 Å². The van der Waals surface area contributed by atoms with Crippen molar-refractivity contribution in [2.24, 2.45) is 0 Å². The number of aryl methyl sites for hydroxylation is 2. The highest BCUT2D eigenvalue weighted by molar-refractivity contribution is 5.92. The minimum absolute atomic E-state index is 0.122. The van der Waals surface area contributed by atoms with E-state index < -0.39 is 11.6 Å². The summed E-state index contributed by atoms with van der Waals surface area (Å²) in [5.41, 5.74) is 1.45. The van der Waals surface area contributed by atoms with E-state index in [1.807, 2.05) is 0 Å². The summed E-state index contributed by atoms with van der Waals surface area (Å²) in [5.74, 6) is -0.725. The van der Waals surface area contributed by atoms with Gasteiger partial charge < -0.3 is 13.9 Å². The number of rotatable bonds is 6. The zero-order valence-corrected chi connectivity index (χ0v) is 16.4. The molecule has 7 heteroatoms. The Balaban J connectivity index is 1.97. The molecule has 0 amide bonds. The molecular weight excluding hydrogens is 374 g/mol. The number of hydrogen-bond donors (Lipinski definition) is 0. The molecule has 2 heterocycles. The summed E-state index contributed by atoms with van der Waals surface area (Å²) >= 11 is 0. The molecule has 29 heavy (non-hydrogen) atoms. The molecule has 0 atom stereocenters. The number of nitrogens with zero attached hydrogens (tertiary/aromatic N) is 1. The Hall–Kier alpha value is -3.48. The van der Waals surface area contributed by atoms with Gasteiger partial charge in [0.25, 0.3) is 0 Å². The van der Waals surface area contributed by atoms with Crippen LogP contribution >= 0.6 is 0 Å². The first-order valence-corrected chi connectivity index (χ1v) is 9.22. The molecule has 0 saturated heterocycles. The van der Waals surface area contributed by atoms with Crippen molar-refractivity contribution in [2.75, 3.05) is 0 Å². The number of pyridine rings is 1. The van der Waals surface area contributed by atoms with Crippen molar-refractivity contribution in [1.29, 1.82) is 0 Å². The molecule has 0 aliphatic heterocycles. The minimum Gasteiger partial charge on any atom is -0.463 e. The number of carbonyl (C=O) groups is 2. The van der Waals surface area contributed by atoms with Gasteiger partial charge >= 0.3 is 17.6 Å². The molecule has 150 valence electrons. The standard InChI is InChI=1S/C22H21NO6/c1-13(2)27-20(24)7-6-15-10-17-14(3)9-21(25)28-19(17)11-18(15)29-22(26)16-5-4-8-23-12-16/h4-5,8-13H,6-7H2,1-3H3. The Morgan fingerprint density at radius 2 is 2.00 bits per heavy atom. The summed E-state index contributed by atoms with van der Waals surface area (Å²) in [6.07, 6.45) is 3.16. The maximum Gasteiger partial charge on any atom is 0.345 e. The molecule has 0 aliphatic rings. The molecule has 0 aliphatic carbocycles. The van der Waals surface area contributed by atoms with Crippen LogP contribution in [0.5, 0.6) is 5.75 Å². The topological polar surface area (TPSA) is 95.7 Å². The van der Waals surface area contributed by atoms with Crippen LogP contribution in [0.1, 0.15) is 41.8 Å². The van der Waals surface area contributed by atoms with Crippen molar-refractivity contribution in [3.8, 4) is 5.75 Å². The van der Waals surface area contributed by atoms with Gasteiger partial charge in [0.15, 0.2) is 0 Å². The second-order valence-corrected chi connectivity index (χ2v) is 6.87. The lowest BCUT2D eigenvalue weighted by Gasteiger charge is -2.13. The number of ether oxygens (including phenoxy) is 2. The normalized spacial score (nSPS) is 10.9. The Bertz CT molecular complexity index is 1100. The SMILES string of the molecule is Cc1cc(=O)oc2cc(OC(=O)c3cccnc3)c(CCC(=O)OC(C)C)cc12. The van der Waals surface area contributed by atoms with Gasteiger partial charge in [0.1, 0.15) is 11.3 Å². The first-order chi connectivity index (χ1) is 13.8.